The Morgan fingerprint density at radius 2 is 2.21 bits per heavy atom. The molecule has 0 bridgehead atoms. The SMILES string of the molecule is COc1ccc(F)cc1C(=O)N1CCC[C@@H]1C(=O)O. The van der Waals surface area contributed by atoms with Crippen molar-refractivity contribution in [3.63, 3.8) is 0 Å². The number of rotatable bonds is 3. The highest BCUT2D eigenvalue weighted by atomic mass is 19.1. The molecule has 2 rings (SSSR count). The fourth-order valence-electron chi connectivity index (χ4n) is 2.27. The zero-order valence-corrected chi connectivity index (χ0v) is 10.4. The average Bonchev–Trinajstić information content (AvgIpc) is 2.87. The molecule has 1 aliphatic heterocycles. The lowest BCUT2D eigenvalue weighted by Gasteiger charge is -2.22. The average molecular weight is 267 g/mol. The van der Waals surface area contributed by atoms with E-state index in [4.69, 9.17) is 9.84 Å². The van der Waals surface area contributed by atoms with Gasteiger partial charge in [-0.1, -0.05) is 0 Å². The van der Waals surface area contributed by atoms with Gasteiger partial charge >= 0.3 is 5.97 Å². The molecular weight excluding hydrogens is 253 g/mol. The molecule has 19 heavy (non-hydrogen) atoms. The van der Waals surface area contributed by atoms with Crippen LogP contribution in [-0.2, 0) is 4.79 Å². The number of carboxylic acids is 1. The van der Waals surface area contributed by atoms with Crippen LogP contribution in [0.1, 0.15) is 23.2 Å². The smallest absolute Gasteiger partial charge is 0.326 e. The third kappa shape index (κ3) is 2.52. The molecule has 1 fully saturated rings. The number of amides is 1. The highest BCUT2D eigenvalue weighted by Crippen LogP contribution is 2.25. The monoisotopic (exact) mass is 267 g/mol. The van der Waals surface area contributed by atoms with E-state index in [9.17, 15) is 14.0 Å². The molecule has 102 valence electrons. The Morgan fingerprint density at radius 1 is 1.47 bits per heavy atom. The second-order valence-corrected chi connectivity index (χ2v) is 4.34. The van der Waals surface area contributed by atoms with Crippen molar-refractivity contribution >= 4 is 11.9 Å². The first kappa shape index (κ1) is 13.3. The summed E-state index contributed by atoms with van der Waals surface area (Å²) in [5, 5.41) is 9.06. The zero-order chi connectivity index (χ0) is 14.0. The van der Waals surface area contributed by atoms with Crippen molar-refractivity contribution in [3.05, 3.63) is 29.6 Å². The Bertz CT molecular complexity index is 517. The number of carbonyl (C=O) groups is 2. The molecule has 1 atom stereocenters. The van der Waals surface area contributed by atoms with Crippen LogP contribution in [0.2, 0.25) is 0 Å². The molecule has 0 spiro atoms. The molecule has 1 saturated heterocycles. The molecule has 0 radical (unpaired) electrons. The van der Waals surface area contributed by atoms with Crippen molar-refractivity contribution in [2.45, 2.75) is 18.9 Å². The first-order chi connectivity index (χ1) is 9.04. The molecule has 0 saturated carbocycles. The van der Waals surface area contributed by atoms with Gasteiger partial charge in [0.2, 0.25) is 0 Å². The van der Waals surface area contributed by atoms with E-state index in [0.29, 0.717) is 19.4 Å². The van der Waals surface area contributed by atoms with E-state index in [2.05, 4.69) is 0 Å². The summed E-state index contributed by atoms with van der Waals surface area (Å²) in [4.78, 5) is 24.6. The maximum absolute atomic E-state index is 13.2. The highest BCUT2D eigenvalue weighted by Gasteiger charge is 2.35. The van der Waals surface area contributed by atoms with Crippen molar-refractivity contribution in [3.8, 4) is 5.75 Å². The van der Waals surface area contributed by atoms with E-state index in [0.717, 1.165) is 6.07 Å². The molecule has 0 aliphatic carbocycles. The number of methoxy groups -OCH3 is 1. The van der Waals surface area contributed by atoms with E-state index in [1.54, 1.807) is 0 Å². The lowest BCUT2D eigenvalue weighted by atomic mass is 10.1. The second-order valence-electron chi connectivity index (χ2n) is 4.34. The molecule has 0 aromatic heterocycles. The predicted octanol–water partition coefficient (Wildman–Crippen LogP) is 1.52. The van der Waals surface area contributed by atoms with Crippen LogP contribution < -0.4 is 4.74 Å². The Balaban J connectivity index is 2.33. The molecule has 5 nitrogen and oxygen atoms in total. The third-order valence-corrected chi connectivity index (χ3v) is 3.19. The minimum atomic E-state index is -1.04. The maximum atomic E-state index is 13.2. The van der Waals surface area contributed by atoms with Crippen molar-refractivity contribution in [2.75, 3.05) is 13.7 Å². The van der Waals surface area contributed by atoms with Gasteiger partial charge in [-0.25, -0.2) is 9.18 Å². The van der Waals surface area contributed by atoms with Crippen LogP contribution in [0.25, 0.3) is 0 Å². The summed E-state index contributed by atoms with van der Waals surface area (Å²) in [6, 6.07) is 2.77. The van der Waals surface area contributed by atoms with E-state index in [1.807, 2.05) is 0 Å². The lowest BCUT2D eigenvalue weighted by Crippen LogP contribution is -2.40. The minimum absolute atomic E-state index is 0.0515. The third-order valence-electron chi connectivity index (χ3n) is 3.19. The summed E-state index contributed by atoms with van der Waals surface area (Å²) in [5.74, 6) is -1.87. The Kier molecular flexibility index (Phi) is 3.69. The van der Waals surface area contributed by atoms with Crippen LogP contribution in [0.5, 0.6) is 5.75 Å². The van der Waals surface area contributed by atoms with Crippen LogP contribution in [-0.4, -0.2) is 41.6 Å². The van der Waals surface area contributed by atoms with Crippen molar-refractivity contribution in [1.82, 2.24) is 4.90 Å². The number of carboxylic acid groups (broad SMARTS) is 1. The number of nitrogens with zero attached hydrogens (tertiary/aromatic N) is 1. The van der Waals surface area contributed by atoms with Crippen LogP contribution in [0.3, 0.4) is 0 Å². The predicted molar refractivity (Wildman–Crippen MR) is 64.6 cm³/mol. The molecule has 1 heterocycles. The highest BCUT2D eigenvalue weighted by molar-refractivity contribution is 5.99. The van der Waals surface area contributed by atoms with Gasteiger partial charge in [0.1, 0.15) is 17.6 Å². The molecule has 1 N–H and O–H groups in total. The molecular formula is C13H14FNO4. The lowest BCUT2D eigenvalue weighted by molar-refractivity contribution is -0.141. The molecule has 1 aromatic rings. The number of likely N-dealkylation sites (tertiary alicyclic amines) is 1. The number of benzene rings is 1. The number of hydrogen-bond donors (Lipinski definition) is 1. The van der Waals surface area contributed by atoms with Crippen LogP contribution in [0.15, 0.2) is 18.2 Å². The van der Waals surface area contributed by atoms with E-state index < -0.39 is 23.7 Å². The number of halogens is 1. The number of carbonyl (C=O) groups excluding carboxylic acids is 1. The van der Waals surface area contributed by atoms with Crippen molar-refractivity contribution in [1.29, 1.82) is 0 Å². The number of aliphatic carboxylic acids is 1. The van der Waals surface area contributed by atoms with E-state index >= 15 is 0 Å². The van der Waals surface area contributed by atoms with Gasteiger partial charge in [-0.2, -0.15) is 0 Å². The van der Waals surface area contributed by atoms with Crippen LogP contribution in [0, 0.1) is 5.82 Å². The maximum Gasteiger partial charge on any atom is 0.326 e. The summed E-state index contributed by atoms with van der Waals surface area (Å²) >= 11 is 0. The van der Waals surface area contributed by atoms with Gasteiger partial charge in [0.25, 0.3) is 5.91 Å². The largest absolute Gasteiger partial charge is 0.496 e. The summed E-state index contributed by atoms with van der Waals surface area (Å²) in [6.45, 7) is 0.357. The quantitative estimate of drug-likeness (QED) is 0.901. The Morgan fingerprint density at radius 3 is 2.84 bits per heavy atom. The van der Waals surface area contributed by atoms with E-state index in [1.165, 1.54) is 24.1 Å². The van der Waals surface area contributed by atoms with E-state index in [-0.39, 0.29) is 11.3 Å². The van der Waals surface area contributed by atoms with Crippen LogP contribution in [0.4, 0.5) is 4.39 Å². The van der Waals surface area contributed by atoms with Crippen molar-refractivity contribution < 1.29 is 23.8 Å². The summed E-state index contributed by atoms with van der Waals surface area (Å²) in [5.41, 5.74) is 0.0515. The first-order valence-corrected chi connectivity index (χ1v) is 5.92. The number of ether oxygens (including phenoxy) is 1. The minimum Gasteiger partial charge on any atom is -0.496 e. The molecule has 1 aliphatic rings. The first-order valence-electron chi connectivity index (χ1n) is 5.92. The fraction of sp³-hybridized carbons (Fsp3) is 0.385. The van der Waals surface area contributed by atoms with Crippen LogP contribution >= 0.6 is 0 Å². The Labute approximate surface area is 109 Å². The van der Waals surface area contributed by atoms with Gasteiger partial charge in [0.05, 0.1) is 12.7 Å². The summed E-state index contributed by atoms with van der Waals surface area (Å²) in [7, 11) is 1.38. The van der Waals surface area contributed by atoms with Gasteiger partial charge in [-0.15, -0.1) is 0 Å². The van der Waals surface area contributed by atoms with Gasteiger partial charge in [0.15, 0.2) is 0 Å². The normalized spacial score (nSPS) is 18.4. The number of hydrogen-bond acceptors (Lipinski definition) is 3. The molecule has 0 unspecified atom stereocenters. The van der Waals surface area contributed by atoms with Crippen molar-refractivity contribution in [2.24, 2.45) is 0 Å². The van der Waals surface area contributed by atoms with Gasteiger partial charge < -0.3 is 14.7 Å². The van der Waals surface area contributed by atoms with Gasteiger partial charge in [-0.3, -0.25) is 4.79 Å². The summed E-state index contributed by atoms with van der Waals surface area (Å²) in [6.07, 6.45) is 1.04. The zero-order valence-electron chi connectivity index (χ0n) is 10.4. The molecule has 1 aromatic carbocycles. The molecule has 1 amide bonds. The second kappa shape index (κ2) is 5.26. The standard InChI is InChI=1S/C13H14FNO4/c1-19-11-5-4-8(14)7-9(11)12(16)15-6-2-3-10(15)13(17)18/h4-5,7,10H,2-3,6H2,1H3,(H,17,18)/t10-/m1/s1. The topological polar surface area (TPSA) is 66.8 Å². The van der Waals surface area contributed by atoms with Gasteiger partial charge in [0, 0.05) is 6.54 Å². The molecule has 6 heteroatoms. The summed E-state index contributed by atoms with van der Waals surface area (Å²) < 4.78 is 18.3. The van der Waals surface area contributed by atoms with Gasteiger partial charge in [-0.05, 0) is 31.0 Å². The Hall–Kier alpha value is -2.11. The fourth-order valence-corrected chi connectivity index (χ4v) is 2.27.